The van der Waals surface area contributed by atoms with Gasteiger partial charge < -0.3 is 9.84 Å². The summed E-state index contributed by atoms with van der Waals surface area (Å²) in [4.78, 5) is 12.2. The molecule has 3 N–H and O–H groups in total. The van der Waals surface area contributed by atoms with E-state index in [0.717, 1.165) is 11.1 Å². The number of nitrogens with one attached hydrogen (secondary N) is 2. The first-order valence-electron chi connectivity index (χ1n) is 8.48. The zero-order chi connectivity index (χ0) is 19.2. The molecule has 1 aromatic heterocycles. The number of phenols is 1. The third-order valence-electron chi connectivity index (χ3n) is 3.83. The molecule has 0 bridgehead atoms. The Balaban J connectivity index is 1.65. The number of aromatic nitrogens is 2. The average Bonchev–Trinajstić information content (AvgIpc) is 3.15. The summed E-state index contributed by atoms with van der Waals surface area (Å²) >= 11 is 0. The van der Waals surface area contributed by atoms with E-state index in [1.165, 1.54) is 12.3 Å². The maximum atomic E-state index is 12.2. The van der Waals surface area contributed by atoms with Crippen molar-refractivity contribution in [3.05, 3.63) is 65.4 Å². The third-order valence-corrected chi connectivity index (χ3v) is 3.83. The van der Waals surface area contributed by atoms with Crippen molar-refractivity contribution in [2.45, 2.75) is 13.8 Å². The molecule has 0 unspecified atom stereocenters. The standard InChI is InChI=1S/C20H20N4O3/c1-3-27-19-10-14(6-9-18(19)25)12-21-24-20(26)17-11-16(22-23-17)15-7-4-13(2)5-8-15/h4-12,25H,3H2,1-2H3,(H,22,23)(H,24,26)/b21-12-. The fourth-order valence-electron chi connectivity index (χ4n) is 2.42. The maximum Gasteiger partial charge on any atom is 0.289 e. The number of phenolic OH excluding ortho intramolecular Hbond substituents is 1. The summed E-state index contributed by atoms with van der Waals surface area (Å²) < 4.78 is 5.31. The summed E-state index contributed by atoms with van der Waals surface area (Å²) in [6.45, 7) is 4.28. The molecule has 1 amide bonds. The van der Waals surface area contributed by atoms with Crippen LogP contribution in [0.3, 0.4) is 0 Å². The van der Waals surface area contributed by atoms with Crippen molar-refractivity contribution in [1.29, 1.82) is 0 Å². The topological polar surface area (TPSA) is 99.6 Å². The van der Waals surface area contributed by atoms with Gasteiger partial charge in [0.15, 0.2) is 11.5 Å². The van der Waals surface area contributed by atoms with Gasteiger partial charge in [0.2, 0.25) is 0 Å². The molecule has 138 valence electrons. The lowest BCUT2D eigenvalue weighted by Gasteiger charge is -2.05. The Morgan fingerprint density at radius 2 is 2.04 bits per heavy atom. The highest BCUT2D eigenvalue weighted by atomic mass is 16.5. The Morgan fingerprint density at radius 3 is 2.78 bits per heavy atom. The Kier molecular flexibility index (Phi) is 5.51. The van der Waals surface area contributed by atoms with Crippen molar-refractivity contribution in [2.24, 2.45) is 5.10 Å². The van der Waals surface area contributed by atoms with E-state index in [4.69, 9.17) is 4.74 Å². The van der Waals surface area contributed by atoms with Gasteiger partial charge in [-0.25, -0.2) is 5.43 Å². The molecular formula is C20H20N4O3. The number of nitrogens with zero attached hydrogens (tertiary/aromatic N) is 2. The van der Waals surface area contributed by atoms with Gasteiger partial charge in [-0.3, -0.25) is 9.89 Å². The second-order valence-electron chi connectivity index (χ2n) is 5.89. The minimum atomic E-state index is -0.402. The highest BCUT2D eigenvalue weighted by molar-refractivity contribution is 5.94. The lowest BCUT2D eigenvalue weighted by Crippen LogP contribution is -2.18. The van der Waals surface area contributed by atoms with E-state index in [2.05, 4.69) is 20.7 Å². The van der Waals surface area contributed by atoms with E-state index in [1.807, 2.05) is 38.1 Å². The van der Waals surface area contributed by atoms with Crippen LogP contribution in [0.2, 0.25) is 0 Å². The number of aromatic amines is 1. The van der Waals surface area contributed by atoms with Crippen LogP contribution in [0.4, 0.5) is 0 Å². The molecule has 7 nitrogen and oxygen atoms in total. The summed E-state index contributed by atoms with van der Waals surface area (Å²) in [6.07, 6.45) is 1.47. The van der Waals surface area contributed by atoms with Crippen molar-refractivity contribution in [1.82, 2.24) is 15.6 Å². The van der Waals surface area contributed by atoms with Crippen LogP contribution in [-0.4, -0.2) is 34.0 Å². The normalized spacial score (nSPS) is 10.9. The zero-order valence-corrected chi connectivity index (χ0v) is 15.1. The number of benzene rings is 2. The van der Waals surface area contributed by atoms with Crippen LogP contribution < -0.4 is 10.2 Å². The van der Waals surface area contributed by atoms with Crippen LogP contribution in [0.5, 0.6) is 11.5 Å². The molecule has 0 atom stereocenters. The number of ether oxygens (including phenoxy) is 1. The highest BCUT2D eigenvalue weighted by Gasteiger charge is 2.10. The average molecular weight is 364 g/mol. The van der Waals surface area contributed by atoms with Gasteiger partial charge in [-0.15, -0.1) is 0 Å². The molecule has 0 spiro atoms. The number of amides is 1. The molecule has 7 heteroatoms. The SMILES string of the molecule is CCOc1cc(/C=N\NC(=O)c2cc(-c3ccc(C)cc3)n[nH]2)ccc1O. The second kappa shape index (κ2) is 8.18. The van der Waals surface area contributed by atoms with E-state index in [1.54, 1.807) is 18.2 Å². The molecule has 0 radical (unpaired) electrons. The molecule has 2 aromatic carbocycles. The van der Waals surface area contributed by atoms with Crippen molar-refractivity contribution in [3.8, 4) is 22.8 Å². The summed E-state index contributed by atoms with van der Waals surface area (Å²) in [5.74, 6) is 0.0177. The number of aryl methyl sites for hydroxylation is 1. The molecule has 0 saturated carbocycles. The first kappa shape index (κ1) is 18.2. The van der Waals surface area contributed by atoms with E-state index in [-0.39, 0.29) is 5.75 Å². The fraction of sp³-hybridized carbons (Fsp3) is 0.150. The van der Waals surface area contributed by atoms with Crippen LogP contribution in [0.1, 0.15) is 28.5 Å². The van der Waals surface area contributed by atoms with Crippen molar-refractivity contribution >= 4 is 12.1 Å². The number of hydrogen-bond acceptors (Lipinski definition) is 5. The van der Waals surface area contributed by atoms with E-state index in [9.17, 15) is 9.90 Å². The minimum Gasteiger partial charge on any atom is -0.504 e. The van der Waals surface area contributed by atoms with Gasteiger partial charge in [-0.2, -0.15) is 10.2 Å². The van der Waals surface area contributed by atoms with Crippen LogP contribution in [0.25, 0.3) is 11.3 Å². The summed E-state index contributed by atoms with van der Waals surface area (Å²) in [6, 6.07) is 14.4. The largest absolute Gasteiger partial charge is 0.504 e. The fourth-order valence-corrected chi connectivity index (χ4v) is 2.42. The minimum absolute atomic E-state index is 0.0548. The smallest absolute Gasteiger partial charge is 0.289 e. The number of carbonyl (C=O) groups excluding carboxylic acids is 1. The monoisotopic (exact) mass is 364 g/mol. The summed E-state index contributed by atoms with van der Waals surface area (Å²) in [5.41, 5.74) is 6.20. The van der Waals surface area contributed by atoms with Crippen LogP contribution in [-0.2, 0) is 0 Å². The molecule has 0 aliphatic rings. The Hall–Kier alpha value is -3.61. The van der Waals surface area contributed by atoms with Gasteiger partial charge in [0, 0.05) is 5.56 Å². The quantitative estimate of drug-likeness (QED) is 0.462. The van der Waals surface area contributed by atoms with Crippen molar-refractivity contribution in [2.75, 3.05) is 6.61 Å². The lowest BCUT2D eigenvalue weighted by molar-refractivity contribution is 0.0950. The van der Waals surface area contributed by atoms with Crippen LogP contribution in [0, 0.1) is 6.92 Å². The van der Waals surface area contributed by atoms with Crippen LogP contribution in [0.15, 0.2) is 53.6 Å². The maximum absolute atomic E-state index is 12.2. The molecular weight excluding hydrogens is 344 g/mol. The van der Waals surface area contributed by atoms with Crippen molar-refractivity contribution in [3.63, 3.8) is 0 Å². The van der Waals surface area contributed by atoms with Crippen LogP contribution >= 0.6 is 0 Å². The molecule has 0 aliphatic heterocycles. The van der Waals surface area contributed by atoms with Gasteiger partial charge in [0.1, 0.15) is 5.69 Å². The molecule has 0 saturated heterocycles. The molecule has 27 heavy (non-hydrogen) atoms. The number of hydrogen-bond donors (Lipinski definition) is 3. The number of hydrazone groups is 1. The molecule has 0 aliphatic carbocycles. The highest BCUT2D eigenvalue weighted by Crippen LogP contribution is 2.26. The summed E-state index contributed by atoms with van der Waals surface area (Å²) in [7, 11) is 0. The number of rotatable bonds is 6. The second-order valence-corrected chi connectivity index (χ2v) is 5.89. The summed E-state index contributed by atoms with van der Waals surface area (Å²) in [5, 5.41) is 20.5. The predicted octanol–water partition coefficient (Wildman–Crippen LogP) is 3.25. The van der Waals surface area contributed by atoms with E-state index in [0.29, 0.717) is 29.3 Å². The molecule has 3 rings (SSSR count). The van der Waals surface area contributed by atoms with Gasteiger partial charge in [-0.05, 0) is 43.7 Å². The number of H-pyrrole nitrogens is 1. The van der Waals surface area contributed by atoms with E-state index >= 15 is 0 Å². The number of carbonyl (C=O) groups is 1. The number of aromatic hydroxyl groups is 1. The van der Waals surface area contributed by atoms with Gasteiger partial charge >= 0.3 is 0 Å². The first-order valence-corrected chi connectivity index (χ1v) is 8.48. The van der Waals surface area contributed by atoms with E-state index < -0.39 is 5.91 Å². The lowest BCUT2D eigenvalue weighted by atomic mass is 10.1. The Labute approximate surface area is 156 Å². The first-order chi connectivity index (χ1) is 13.1. The van der Waals surface area contributed by atoms with Gasteiger partial charge in [0.25, 0.3) is 5.91 Å². The molecule has 3 aromatic rings. The third kappa shape index (κ3) is 4.52. The van der Waals surface area contributed by atoms with Gasteiger partial charge in [-0.1, -0.05) is 29.8 Å². The molecule has 1 heterocycles. The molecule has 0 fully saturated rings. The predicted molar refractivity (Wildman–Crippen MR) is 103 cm³/mol. The van der Waals surface area contributed by atoms with Crippen molar-refractivity contribution < 1.29 is 14.6 Å². The van der Waals surface area contributed by atoms with Gasteiger partial charge in [0.05, 0.1) is 18.5 Å². The Morgan fingerprint density at radius 1 is 1.26 bits per heavy atom. The Bertz CT molecular complexity index is 962. The zero-order valence-electron chi connectivity index (χ0n) is 15.1.